The normalized spacial score (nSPS) is 11.5. The lowest BCUT2D eigenvalue weighted by Gasteiger charge is -2.19. The van der Waals surface area contributed by atoms with Crippen LogP contribution in [0.15, 0.2) is 52.1 Å². The summed E-state index contributed by atoms with van der Waals surface area (Å²) in [5.41, 5.74) is 4.29. The molecule has 3 aromatic rings. The van der Waals surface area contributed by atoms with Crippen molar-refractivity contribution < 1.29 is 4.79 Å². The largest absolute Gasteiger partial charge is 0.324 e. The van der Waals surface area contributed by atoms with Gasteiger partial charge in [0.05, 0.1) is 11.4 Å². The van der Waals surface area contributed by atoms with Crippen LogP contribution in [0.3, 0.4) is 0 Å². The van der Waals surface area contributed by atoms with Crippen LogP contribution < -0.4 is 5.32 Å². The Morgan fingerprint density at radius 1 is 1.14 bits per heavy atom. The SMILES string of the molecule is Cc1ccc(NC(=O)CSc2nnc(-c3ccc(C(C)(C)C)cc3)n2C)c(Br)c1. The summed E-state index contributed by atoms with van der Waals surface area (Å²) in [7, 11) is 1.92. The number of rotatable bonds is 5. The van der Waals surface area contributed by atoms with E-state index in [1.165, 1.54) is 17.3 Å². The molecule has 29 heavy (non-hydrogen) atoms. The Bertz CT molecular complexity index is 1020. The van der Waals surface area contributed by atoms with Crippen molar-refractivity contribution in [3.63, 3.8) is 0 Å². The predicted molar refractivity (Wildman–Crippen MR) is 123 cm³/mol. The van der Waals surface area contributed by atoms with E-state index >= 15 is 0 Å². The second-order valence-corrected chi connectivity index (χ2v) is 9.81. The molecule has 0 aliphatic rings. The molecule has 152 valence electrons. The number of nitrogens with zero attached hydrogens (tertiary/aromatic N) is 3. The summed E-state index contributed by atoms with van der Waals surface area (Å²) in [5, 5.41) is 12.2. The van der Waals surface area contributed by atoms with E-state index in [4.69, 9.17) is 0 Å². The fourth-order valence-corrected chi connectivity index (χ4v) is 4.15. The molecular weight excluding hydrogens is 448 g/mol. The highest BCUT2D eigenvalue weighted by Crippen LogP contribution is 2.27. The van der Waals surface area contributed by atoms with Crippen molar-refractivity contribution in [3.8, 4) is 11.4 Å². The lowest BCUT2D eigenvalue weighted by Crippen LogP contribution is -2.14. The molecule has 0 saturated carbocycles. The summed E-state index contributed by atoms with van der Waals surface area (Å²) in [6.45, 7) is 8.59. The number of halogens is 1. The molecule has 1 heterocycles. The summed E-state index contributed by atoms with van der Waals surface area (Å²) in [5.74, 6) is 0.961. The van der Waals surface area contributed by atoms with E-state index in [0.717, 1.165) is 27.1 Å². The lowest BCUT2D eigenvalue weighted by molar-refractivity contribution is -0.113. The van der Waals surface area contributed by atoms with E-state index in [-0.39, 0.29) is 17.1 Å². The van der Waals surface area contributed by atoms with Gasteiger partial charge in [-0.25, -0.2) is 0 Å². The minimum absolute atomic E-state index is 0.0846. The van der Waals surface area contributed by atoms with E-state index in [1.807, 2.05) is 36.7 Å². The number of aryl methyl sites for hydroxylation is 1. The van der Waals surface area contributed by atoms with Gasteiger partial charge in [0.1, 0.15) is 0 Å². The van der Waals surface area contributed by atoms with Crippen LogP contribution >= 0.6 is 27.7 Å². The number of hydrogen-bond donors (Lipinski definition) is 1. The Balaban J connectivity index is 1.66. The van der Waals surface area contributed by atoms with Gasteiger partial charge in [0, 0.05) is 17.1 Å². The molecule has 0 atom stereocenters. The van der Waals surface area contributed by atoms with E-state index in [1.54, 1.807) is 0 Å². The van der Waals surface area contributed by atoms with Gasteiger partial charge in [-0.05, 0) is 51.5 Å². The van der Waals surface area contributed by atoms with Gasteiger partial charge in [-0.2, -0.15) is 0 Å². The smallest absolute Gasteiger partial charge is 0.234 e. The average molecular weight is 473 g/mol. The maximum Gasteiger partial charge on any atom is 0.234 e. The van der Waals surface area contributed by atoms with Crippen LogP contribution in [0.2, 0.25) is 0 Å². The molecule has 0 unspecified atom stereocenters. The third kappa shape index (κ3) is 5.28. The van der Waals surface area contributed by atoms with Crippen molar-refractivity contribution in [2.75, 3.05) is 11.1 Å². The Hall–Kier alpha value is -2.12. The van der Waals surface area contributed by atoms with Crippen molar-refractivity contribution in [2.24, 2.45) is 7.05 Å². The number of hydrogen-bond acceptors (Lipinski definition) is 4. The standard InChI is InChI=1S/C22H25BrN4OS/c1-14-6-11-18(17(23)12-14)24-19(28)13-29-21-26-25-20(27(21)5)15-7-9-16(10-8-15)22(2,3)4/h6-12H,13H2,1-5H3,(H,24,28). The van der Waals surface area contributed by atoms with Crippen LogP contribution in [0.5, 0.6) is 0 Å². The van der Waals surface area contributed by atoms with Crippen LogP contribution in [0.4, 0.5) is 5.69 Å². The number of carbonyl (C=O) groups excluding carboxylic acids is 1. The Morgan fingerprint density at radius 2 is 1.83 bits per heavy atom. The summed E-state index contributed by atoms with van der Waals surface area (Å²) < 4.78 is 2.79. The van der Waals surface area contributed by atoms with Crippen molar-refractivity contribution in [1.82, 2.24) is 14.8 Å². The number of nitrogens with one attached hydrogen (secondary N) is 1. The fourth-order valence-electron chi connectivity index (χ4n) is 2.85. The second kappa shape index (κ2) is 8.71. The van der Waals surface area contributed by atoms with E-state index in [0.29, 0.717) is 5.16 Å². The molecule has 1 amide bonds. The van der Waals surface area contributed by atoms with Gasteiger partial charge in [0.2, 0.25) is 5.91 Å². The van der Waals surface area contributed by atoms with Crippen molar-refractivity contribution in [1.29, 1.82) is 0 Å². The number of carbonyl (C=O) groups is 1. The van der Waals surface area contributed by atoms with Crippen LogP contribution in [-0.4, -0.2) is 26.4 Å². The zero-order valence-corrected chi connectivity index (χ0v) is 19.7. The first-order valence-corrected chi connectivity index (χ1v) is 11.1. The van der Waals surface area contributed by atoms with Crippen LogP contribution in [0.25, 0.3) is 11.4 Å². The molecule has 0 spiro atoms. The fraction of sp³-hybridized carbons (Fsp3) is 0.318. The lowest BCUT2D eigenvalue weighted by atomic mass is 9.87. The molecule has 5 nitrogen and oxygen atoms in total. The quantitative estimate of drug-likeness (QED) is 0.492. The van der Waals surface area contributed by atoms with Gasteiger partial charge in [0.15, 0.2) is 11.0 Å². The first kappa shape index (κ1) is 21.6. The van der Waals surface area contributed by atoms with Gasteiger partial charge in [-0.3, -0.25) is 4.79 Å². The van der Waals surface area contributed by atoms with Crippen LogP contribution in [-0.2, 0) is 17.3 Å². The van der Waals surface area contributed by atoms with Gasteiger partial charge in [-0.1, -0.05) is 62.9 Å². The van der Waals surface area contributed by atoms with E-state index < -0.39 is 0 Å². The Labute approximate surface area is 184 Å². The minimum atomic E-state index is -0.0846. The van der Waals surface area contributed by atoms with Gasteiger partial charge in [0.25, 0.3) is 0 Å². The number of amides is 1. The Kier molecular flexibility index (Phi) is 6.49. The van der Waals surface area contributed by atoms with E-state index in [9.17, 15) is 4.79 Å². The predicted octanol–water partition coefficient (Wildman–Crippen LogP) is 5.58. The highest BCUT2D eigenvalue weighted by atomic mass is 79.9. The molecule has 0 bridgehead atoms. The van der Waals surface area contributed by atoms with Gasteiger partial charge < -0.3 is 9.88 Å². The number of benzene rings is 2. The summed E-state index contributed by atoms with van der Waals surface area (Å²) in [6.07, 6.45) is 0. The van der Waals surface area contributed by atoms with Gasteiger partial charge in [-0.15, -0.1) is 10.2 Å². The third-order valence-corrected chi connectivity index (χ3v) is 6.25. The van der Waals surface area contributed by atoms with E-state index in [2.05, 4.69) is 76.5 Å². The molecule has 7 heteroatoms. The highest BCUT2D eigenvalue weighted by Gasteiger charge is 2.16. The summed E-state index contributed by atoms with van der Waals surface area (Å²) >= 11 is 4.85. The zero-order valence-electron chi connectivity index (χ0n) is 17.3. The minimum Gasteiger partial charge on any atom is -0.324 e. The third-order valence-electron chi connectivity index (χ3n) is 4.58. The Morgan fingerprint density at radius 3 is 2.45 bits per heavy atom. The maximum absolute atomic E-state index is 12.3. The molecule has 0 fully saturated rings. The van der Waals surface area contributed by atoms with Crippen LogP contribution in [0, 0.1) is 6.92 Å². The summed E-state index contributed by atoms with van der Waals surface area (Å²) in [6, 6.07) is 14.2. The molecule has 3 rings (SSSR count). The molecule has 0 radical (unpaired) electrons. The van der Waals surface area contributed by atoms with Crippen LogP contribution in [0.1, 0.15) is 31.9 Å². The monoisotopic (exact) mass is 472 g/mol. The zero-order chi connectivity index (χ0) is 21.2. The molecule has 0 aliphatic heterocycles. The first-order valence-electron chi connectivity index (χ1n) is 9.34. The molecular formula is C22H25BrN4OS. The average Bonchev–Trinajstić information content (AvgIpc) is 3.02. The van der Waals surface area contributed by atoms with Crippen molar-refractivity contribution >= 4 is 39.3 Å². The number of aromatic nitrogens is 3. The van der Waals surface area contributed by atoms with Crippen molar-refractivity contribution in [3.05, 3.63) is 58.1 Å². The van der Waals surface area contributed by atoms with Gasteiger partial charge >= 0.3 is 0 Å². The second-order valence-electron chi connectivity index (χ2n) is 8.01. The molecule has 0 saturated heterocycles. The number of thioether (sulfide) groups is 1. The topological polar surface area (TPSA) is 59.8 Å². The molecule has 2 aromatic carbocycles. The molecule has 1 N–H and O–H groups in total. The highest BCUT2D eigenvalue weighted by molar-refractivity contribution is 9.10. The molecule has 1 aromatic heterocycles. The maximum atomic E-state index is 12.3. The summed E-state index contributed by atoms with van der Waals surface area (Å²) in [4.78, 5) is 12.3. The molecule has 0 aliphatic carbocycles. The number of anilines is 1. The first-order chi connectivity index (χ1) is 13.6. The van der Waals surface area contributed by atoms with Crippen molar-refractivity contribution in [2.45, 2.75) is 38.3 Å².